The van der Waals surface area contributed by atoms with Crippen LogP contribution in [0, 0.1) is 0 Å². The monoisotopic (exact) mass is 584 g/mol. The molecular weight excluding hydrogens is 553 g/mol. The van der Waals surface area contributed by atoms with Gasteiger partial charge < -0.3 is 19.3 Å². The van der Waals surface area contributed by atoms with Gasteiger partial charge in [0.05, 0.1) is 18.4 Å². The number of carbonyl (C=O) groups excluding carboxylic acids is 1. The van der Waals surface area contributed by atoms with Crippen LogP contribution in [0.15, 0.2) is 108 Å². The van der Waals surface area contributed by atoms with Crippen molar-refractivity contribution in [2.24, 2.45) is 5.16 Å². The van der Waals surface area contributed by atoms with E-state index >= 15 is 0 Å². The molecule has 0 fully saturated rings. The molecule has 0 aliphatic heterocycles. The molecule has 0 saturated heterocycles. The third-order valence-corrected chi connectivity index (χ3v) is 5.61. The zero-order chi connectivity index (χ0) is 30.5. The molecule has 0 bridgehead atoms. The largest absolute Gasteiger partial charge is 0.489 e. The van der Waals surface area contributed by atoms with Gasteiger partial charge in [-0.15, -0.1) is 0 Å². The van der Waals surface area contributed by atoms with Crippen molar-refractivity contribution in [2.45, 2.75) is 19.7 Å². The van der Waals surface area contributed by atoms with Crippen LogP contribution < -0.4 is 20.6 Å². The second-order valence-electron chi connectivity index (χ2n) is 8.60. The van der Waals surface area contributed by atoms with Crippen molar-refractivity contribution in [3.8, 4) is 5.75 Å². The molecule has 0 aliphatic carbocycles. The highest BCUT2D eigenvalue weighted by atomic mass is 19.4. The summed E-state index contributed by atoms with van der Waals surface area (Å²) >= 11 is 0. The van der Waals surface area contributed by atoms with Gasteiger partial charge in [0.25, 0.3) is 5.91 Å². The molecule has 0 unspecified atom stereocenters. The maximum Gasteiger partial charge on any atom is 0.416 e. The number of amides is 1. The van der Waals surface area contributed by atoms with E-state index in [9.17, 15) is 18.0 Å². The number of hydrogen-bond acceptors (Lipinski definition) is 8. The van der Waals surface area contributed by atoms with Gasteiger partial charge in [-0.05, 0) is 61.0 Å². The fourth-order valence-corrected chi connectivity index (χ4v) is 3.51. The van der Waals surface area contributed by atoms with Crippen LogP contribution in [0.5, 0.6) is 5.75 Å². The highest BCUT2D eigenvalue weighted by Gasteiger charge is 2.30. The number of para-hydroxylation sites is 1. The Morgan fingerprint density at radius 1 is 1.02 bits per heavy atom. The number of oxime groups is 1. The van der Waals surface area contributed by atoms with Crippen molar-refractivity contribution in [3.05, 3.63) is 120 Å². The van der Waals surface area contributed by atoms with Crippen LogP contribution in [0.4, 0.5) is 18.9 Å². The number of alkyl halides is 3. The number of likely N-dealkylation sites (N-methyl/N-ethyl adjacent to an activating group) is 1. The number of allylic oxidation sites excluding steroid dienone is 1. The number of ether oxygens (including phenoxy) is 1. The first-order valence-corrected chi connectivity index (χ1v) is 12.7. The van der Waals surface area contributed by atoms with Gasteiger partial charge in [0, 0.05) is 18.3 Å². The molecule has 3 aromatic carbocycles. The van der Waals surface area contributed by atoms with Crippen LogP contribution in [-0.2, 0) is 32.1 Å². The second kappa shape index (κ2) is 15.1. The Morgan fingerprint density at radius 2 is 1.74 bits per heavy atom. The normalized spacial score (nSPS) is 11.9. The number of nitrogens with zero attached hydrogens (tertiary/aromatic N) is 2. The Kier molecular flexibility index (Phi) is 11.4. The van der Waals surface area contributed by atoms with Crippen molar-refractivity contribution < 1.29 is 37.2 Å². The van der Waals surface area contributed by atoms with Crippen molar-refractivity contribution in [1.29, 1.82) is 0 Å². The molecule has 1 amide bonds. The lowest BCUT2D eigenvalue weighted by Gasteiger charge is -2.19. The van der Waals surface area contributed by atoms with Crippen molar-refractivity contribution >= 4 is 17.3 Å². The minimum atomic E-state index is -4.43. The van der Waals surface area contributed by atoms with Gasteiger partial charge >= 0.3 is 6.18 Å². The van der Waals surface area contributed by atoms with Crippen LogP contribution in [0.1, 0.15) is 23.6 Å². The average molecular weight is 585 g/mol. The molecule has 2 N–H and O–H groups in total. The lowest BCUT2D eigenvalue weighted by atomic mass is 10.1. The second-order valence-corrected chi connectivity index (χ2v) is 8.60. The van der Waals surface area contributed by atoms with Crippen LogP contribution >= 0.6 is 0 Å². The maximum absolute atomic E-state index is 13.0. The first kappa shape index (κ1) is 31.6. The van der Waals surface area contributed by atoms with Crippen LogP contribution in [0.25, 0.3) is 0 Å². The summed E-state index contributed by atoms with van der Waals surface area (Å²) in [6, 6.07) is 20.6. The highest BCUT2D eigenvalue weighted by molar-refractivity contribution is 6.11. The summed E-state index contributed by atoms with van der Waals surface area (Å²) in [4.78, 5) is 29.9. The summed E-state index contributed by atoms with van der Waals surface area (Å²) in [5, 5.41) is 4.10. The quantitative estimate of drug-likeness (QED) is 0.108. The zero-order valence-electron chi connectivity index (χ0n) is 23.3. The molecule has 0 spiro atoms. The summed E-state index contributed by atoms with van der Waals surface area (Å²) in [5.41, 5.74) is 6.49. The summed E-state index contributed by atoms with van der Waals surface area (Å²) in [6.07, 6.45) is -3.31. The predicted molar refractivity (Wildman–Crippen MR) is 152 cm³/mol. The molecule has 0 heterocycles. The van der Waals surface area contributed by atoms with Crippen molar-refractivity contribution in [3.63, 3.8) is 0 Å². The van der Waals surface area contributed by atoms with Crippen molar-refractivity contribution in [1.82, 2.24) is 11.0 Å². The Hall–Kier alpha value is -4.97. The number of nitrogens with one attached hydrogen (secondary N) is 2. The molecule has 3 rings (SSSR count). The minimum absolute atomic E-state index is 0.00489. The Bertz CT molecular complexity index is 1390. The minimum Gasteiger partial charge on any atom is -0.489 e. The average Bonchev–Trinajstić information content (AvgIpc) is 2.99. The smallest absolute Gasteiger partial charge is 0.416 e. The van der Waals surface area contributed by atoms with Gasteiger partial charge in [-0.3, -0.25) is 15.1 Å². The van der Waals surface area contributed by atoms with Crippen LogP contribution in [0.2, 0.25) is 0 Å². The first-order valence-electron chi connectivity index (χ1n) is 12.7. The van der Waals surface area contributed by atoms with Crippen molar-refractivity contribution in [2.75, 3.05) is 25.7 Å². The molecule has 0 saturated carbocycles. The van der Waals surface area contributed by atoms with E-state index in [4.69, 9.17) is 19.2 Å². The molecule has 0 aromatic heterocycles. The zero-order valence-corrected chi connectivity index (χ0v) is 23.3. The van der Waals surface area contributed by atoms with Gasteiger partial charge in [-0.1, -0.05) is 42.1 Å². The molecule has 222 valence electrons. The van der Waals surface area contributed by atoms with Gasteiger partial charge in [-0.25, -0.2) is 5.48 Å². The number of hydroxylamine groups is 2. The van der Waals surface area contributed by atoms with E-state index in [-0.39, 0.29) is 24.6 Å². The van der Waals surface area contributed by atoms with E-state index in [1.54, 1.807) is 56.4 Å². The van der Waals surface area contributed by atoms with Crippen LogP contribution in [0.3, 0.4) is 0 Å². The lowest BCUT2D eigenvalue weighted by Crippen LogP contribution is -2.34. The van der Waals surface area contributed by atoms with E-state index in [2.05, 4.69) is 22.7 Å². The maximum atomic E-state index is 13.0. The van der Waals surface area contributed by atoms with E-state index in [0.29, 0.717) is 28.3 Å². The topological polar surface area (TPSA) is 93.7 Å². The molecular formula is C30H31F3N4O5. The number of halogens is 3. The van der Waals surface area contributed by atoms with E-state index < -0.39 is 17.6 Å². The summed E-state index contributed by atoms with van der Waals surface area (Å²) in [6.45, 7) is 5.94. The van der Waals surface area contributed by atoms with Gasteiger partial charge in [-0.2, -0.15) is 13.2 Å². The summed E-state index contributed by atoms with van der Waals surface area (Å²) in [5.74, 6) is 0.000368. The lowest BCUT2D eigenvalue weighted by molar-refractivity contribution is -0.137. The first-order chi connectivity index (χ1) is 20.1. The third kappa shape index (κ3) is 9.03. The summed E-state index contributed by atoms with van der Waals surface area (Å²) in [7, 11) is 2.96. The Balaban J connectivity index is 1.66. The Morgan fingerprint density at radius 3 is 2.38 bits per heavy atom. The number of carbonyl (C=O) groups is 1. The van der Waals surface area contributed by atoms with Gasteiger partial charge in [0.15, 0.2) is 5.70 Å². The van der Waals surface area contributed by atoms with E-state index in [1.165, 1.54) is 18.1 Å². The summed E-state index contributed by atoms with van der Waals surface area (Å²) < 4.78 is 44.6. The highest BCUT2D eigenvalue weighted by Crippen LogP contribution is 2.29. The standard InChI is InChI=1S/C30H31F3N4O5/c1-5-41-36-28(21(2)34-42-20-27(35-39-4)29(38)37(3)25-12-7-6-8-13-25)23-14-16-26(17-15-23)40-19-22-10-9-11-24(18-22)30(31,32)33/h6-18,20,34-35H,2,5,19H2,1,3-4H3. The number of hydrogen-bond donors (Lipinski definition) is 2. The Labute approximate surface area is 241 Å². The fourth-order valence-electron chi connectivity index (χ4n) is 3.51. The number of rotatable bonds is 14. The molecule has 0 atom stereocenters. The third-order valence-electron chi connectivity index (χ3n) is 5.61. The number of anilines is 1. The fraction of sp³-hybridized carbons (Fsp3) is 0.200. The molecule has 3 aromatic rings. The number of benzene rings is 3. The van der Waals surface area contributed by atoms with Gasteiger partial charge in [0.1, 0.15) is 30.9 Å². The molecule has 0 aliphatic rings. The predicted octanol–water partition coefficient (Wildman–Crippen LogP) is 5.72. The SMILES string of the molecule is C=C(NOC=C(NOC)C(=O)N(C)c1ccccc1)C(=NOCC)c1ccc(OCc2cccc(C(F)(F)F)c2)cc1. The molecule has 0 radical (unpaired) electrons. The van der Waals surface area contributed by atoms with Gasteiger partial charge in [0.2, 0.25) is 0 Å². The molecule has 9 nitrogen and oxygen atoms in total. The van der Waals surface area contributed by atoms with E-state index in [0.717, 1.165) is 18.4 Å². The molecule has 12 heteroatoms. The molecule has 42 heavy (non-hydrogen) atoms. The van der Waals surface area contributed by atoms with E-state index in [1.807, 2.05) is 18.2 Å². The van der Waals surface area contributed by atoms with Crippen LogP contribution in [-0.4, -0.2) is 32.4 Å².